The van der Waals surface area contributed by atoms with Crippen molar-refractivity contribution in [3.05, 3.63) is 65.5 Å². The summed E-state index contributed by atoms with van der Waals surface area (Å²) in [5.41, 5.74) is 3.44. The van der Waals surface area contributed by atoms with E-state index in [-0.39, 0.29) is 28.6 Å². The molecule has 2 heterocycles. The van der Waals surface area contributed by atoms with Crippen molar-refractivity contribution in [1.29, 1.82) is 0 Å². The van der Waals surface area contributed by atoms with Gasteiger partial charge in [0.2, 0.25) is 5.91 Å². The molecule has 2 aliphatic rings. The molecule has 5 heteroatoms. The molecule has 1 aromatic heterocycles. The number of pyridine rings is 1. The maximum absolute atomic E-state index is 12.9. The Balaban J connectivity index is 1.21. The van der Waals surface area contributed by atoms with Crippen LogP contribution in [0.4, 0.5) is 0 Å². The summed E-state index contributed by atoms with van der Waals surface area (Å²) in [7, 11) is 0. The molecule has 2 fully saturated rings. The van der Waals surface area contributed by atoms with Gasteiger partial charge >= 0.3 is 0 Å². The van der Waals surface area contributed by atoms with Crippen molar-refractivity contribution in [2.45, 2.75) is 58.3 Å². The van der Waals surface area contributed by atoms with Crippen molar-refractivity contribution in [3.63, 3.8) is 0 Å². The van der Waals surface area contributed by atoms with Crippen LogP contribution in [0.25, 0.3) is 0 Å². The van der Waals surface area contributed by atoms with Gasteiger partial charge in [-0.2, -0.15) is 0 Å². The Hall–Kier alpha value is -2.69. The molecule has 32 heavy (non-hydrogen) atoms. The number of hydrogen-bond donors (Lipinski definition) is 1. The monoisotopic (exact) mass is 433 g/mol. The lowest BCUT2D eigenvalue weighted by atomic mass is 9.86. The molecule has 0 radical (unpaired) electrons. The maximum Gasteiger partial charge on any atom is 0.253 e. The molecule has 1 saturated heterocycles. The Morgan fingerprint density at radius 2 is 1.72 bits per heavy atom. The quantitative estimate of drug-likeness (QED) is 0.688. The fourth-order valence-corrected chi connectivity index (χ4v) is 4.90. The van der Waals surface area contributed by atoms with Crippen molar-refractivity contribution < 1.29 is 9.59 Å². The summed E-state index contributed by atoms with van der Waals surface area (Å²) in [5, 5.41) is 3.13. The van der Waals surface area contributed by atoms with Crippen LogP contribution in [0, 0.1) is 11.3 Å². The van der Waals surface area contributed by atoms with Gasteiger partial charge in [0.25, 0.3) is 5.91 Å². The molecule has 0 unspecified atom stereocenters. The van der Waals surface area contributed by atoms with E-state index in [0.29, 0.717) is 6.54 Å². The van der Waals surface area contributed by atoms with Crippen molar-refractivity contribution >= 4 is 11.8 Å². The normalized spacial score (nSPS) is 19.6. The SMILES string of the molecule is CC(C)(C)c1ccc(C(=O)N2CCC3(CC2)C[C@@H]3C(=O)NCCCc2ccncc2)cc1. The van der Waals surface area contributed by atoms with Gasteiger partial charge in [-0.1, -0.05) is 32.9 Å². The number of rotatable bonds is 6. The van der Waals surface area contributed by atoms with Gasteiger partial charge in [0.05, 0.1) is 0 Å². The van der Waals surface area contributed by atoms with Gasteiger partial charge in [0, 0.05) is 43.5 Å². The van der Waals surface area contributed by atoms with Crippen molar-refractivity contribution in [3.8, 4) is 0 Å². The van der Waals surface area contributed by atoms with Gasteiger partial charge in [0.1, 0.15) is 0 Å². The average Bonchev–Trinajstić information content (AvgIpc) is 3.50. The number of benzene rings is 1. The van der Waals surface area contributed by atoms with Crippen LogP contribution >= 0.6 is 0 Å². The summed E-state index contributed by atoms with van der Waals surface area (Å²) < 4.78 is 0. The summed E-state index contributed by atoms with van der Waals surface area (Å²) in [5.74, 6) is 0.419. The number of likely N-dealkylation sites (tertiary alicyclic amines) is 1. The minimum atomic E-state index is 0.0830. The van der Waals surface area contributed by atoms with Crippen LogP contribution in [-0.2, 0) is 16.6 Å². The second kappa shape index (κ2) is 9.05. The molecule has 1 N–H and O–H groups in total. The van der Waals surface area contributed by atoms with Crippen LogP contribution < -0.4 is 5.32 Å². The highest BCUT2D eigenvalue weighted by Gasteiger charge is 2.58. The molecule has 1 aliphatic carbocycles. The van der Waals surface area contributed by atoms with Gasteiger partial charge in [-0.15, -0.1) is 0 Å². The number of nitrogens with one attached hydrogen (secondary N) is 1. The predicted molar refractivity (Wildman–Crippen MR) is 126 cm³/mol. The second-order valence-electron chi connectivity index (χ2n) is 10.5. The van der Waals surface area contributed by atoms with Gasteiger partial charge in [0.15, 0.2) is 0 Å². The number of piperidine rings is 1. The number of carbonyl (C=O) groups is 2. The fraction of sp³-hybridized carbons (Fsp3) is 0.519. The van der Waals surface area contributed by atoms with Gasteiger partial charge in [-0.05, 0) is 78.3 Å². The first-order valence-corrected chi connectivity index (χ1v) is 11.8. The number of hydrogen-bond acceptors (Lipinski definition) is 3. The third-order valence-electron chi connectivity index (χ3n) is 7.24. The van der Waals surface area contributed by atoms with E-state index in [1.54, 1.807) is 12.4 Å². The lowest BCUT2D eigenvalue weighted by Crippen LogP contribution is -2.40. The van der Waals surface area contributed by atoms with E-state index in [2.05, 4.69) is 43.2 Å². The van der Waals surface area contributed by atoms with E-state index in [4.69, 9.17) is 0 Å². The molecule has 2 aromatic rings. The van der Waals surface area contributed by atoms with Crippen LogP contribution in [0.1, 0.15) is 67.9 Å². The molecule has 0 bridgehead atoms. The van der Waals surface area contributed by atoms with Crippen molar-refractivity contribution in [2.75, 3.05) is 19.6 Å². The Morgan fingerprint density at radius 1 is 1.06 bits per heavy atom. The molecule has 2 amide bonds. The molecule has 1 atom stereocenters. The maximum atomic E-state index is 12.9. The Labute approximate surface area is 191 Å². The minimum absolute atomic E-state index is 0.0830. The molecule has 5 nitrogen and oxygen atoms in total. The minimum Gasteiger partial charge on any atom is -0.356 e. The van der Waals surface area contributed by atoms with Gasteiger partial charge in [-0.3, -0.25) is 14.6 Å². The smallest absolute Gasteiger partial charge is 0.253 e. The molecule has 1 aliphatic heterocycles. The highest BCUT2D eigenvalue weighted by atomic mass is 16.2. The molecule has 4 rings (SSSR count). The second-order valence-corrected chi connectivity index (χ2v) is 10.5. The summed E-state index contributed by atoms with van der Waals surface area (Å²) in [6, 6.07) is 12.1. The highest BCUT2D eigenvalue weighted by Crippen LogP contribution is 2.59. The third-order valence-corrected chi connectivity index (χ3v) is 7.24. The van der Waals surface area contributed by atoms with Crippen LogP contribution in [0.3, 0.4) is 0 Å². The standard InChI is InChI=1S/C27H35N3O2/c1-26(2,3)22-8-6-21(7-9-22)25(32)30-17-12-27(13-18-30)19-23(27)24(31)29-14-4-5-20-10-15-28-16-11-20/h6-11,15-16,23H,4-5,12-14,17-19H2,1-3H3,(H,29,31)/t23-/m1/s1. The zero-order valence-corrected chi connectivity index (χ0v) is 19.6. The number of aryl methyl sites for hydroxylation is 1. The molecule has 1 saturated carbocycles. The van der Waals surface area contributed by atoms with E-state index in [1.807, 2.05) is 29.2 Å². The van der Waals surface area contributed by atoms with Crippen LogP contribution in [0.2, 0.25) is 0 Å². The molecule has 1 spiro atoms. The molecule has 170 valence electrons. The largest absolute Gasteiger partial charge is 0.356 e. The average molecular weight is 434 g/mol. The topological polar surface area (TPSA) is 62.3 Å². The number of amides is 2. The van der Waals surface area contributed by atoms with E-state index in [0.717, 1.165) is 50.8 Å². The van der Waals surface area contributed by atoms with E-state index >= 15 is 0 Å². The first-order chi connectivity index (χ1) is 15.3. The summed E-state index contributed by atoms with van der Waals surface area (Å²) in [6.45, 7) is 8.73. The molecular formula is C27H35N3O2. The van der Waals surface area contributed by atoms with Crippen molar-refractivity contribution in [2.24, 2.45) is 11.3 Å². The number of aromatic nitrogens is 1. The lowest BCUT2D eigenvalue weighted by molar-refractivity contribution is -0.123. The summed E-state index contributed by atoms with van der Waals surface area (Å²) in [4.78, 5) is 31.6. The summed E-state index contributed by atoms with van der Waals surface area (Å²) in [6.07, 6.45) is 8.31. The van der Waals surface area contributed by atoms with E-state index in [1.165, 1.54) is 11.1 Å². The van der Waals surface area contributed by atoms with Crippen LogP contribution in [-0.4, -0.2) is 41.3 Å². The zero-order chi connectivity index (χ0) is 22.8. The molecule has 1 aromatic carbocycles. The Kier molecular flexibility index (Phi) is 6.36. The summed E-state index contributed by atoms with van der Waals surface area (Å²) >= 11 is 0. The third kappa shape index (κ3) is 5.03. The number of nitrogens with zero attached hydrogens (tertiary/aromatic N) is 2. The zero-order valence-electron chi connectivity index (χ0n) is 19.6. The van der Waals surface area contributed by atoms with E-state index in [9.17, 15) is 9.59 Å². The van der Waals surface area contributed by atoms with Gasteiger partial charge in [-0.25, -0.2) is 0 Å². The van der Waals surface area contributed by atoms with Gasteiger partial charge < -0.3 is 10.2 Å². The predicted octanol–water partition coefficient (Wildman–Crippen LogP) is 4.37. The lowest BCUT2D eigenvalue weighted by Gasteiger charge is -2.33. The highest BCUT2D eigenvalue weighted by molar-refractivity contribution is 5.94. The first kappa shape index (κ1) is 22.5. The molecular weight excluding hydrogens is 398 g/mol. The number of carbonyl (C=O) groups excluding carboxylic acids is 2. The Bertz CT molecular complexity index is 939. The van der Waals surface area contributed by atoms with E-state index < -0.39 is 0 Å². The van der Waals surface area contributed by atoms with Crippen LogP contribution in [0.15, 0.2) is 48.8 Å². The van der Waals surface area contributed by atoms with Crippen LogP contribution in [0.5, 0.6) is 0 Å². The first-order valence-electron chi connectivity index (χ1n) is 11.8. The fourth-order valence-electron chi connectivity index (χ4n) is 4.90. The Morgan fingerprint density at radius 3 is 2.34 bits per heavy atom. The van der Waals surface area contributed by atoms with Crippen molar-refractivity contribution in [1.82, 2.24) is 15.2 Å².